The molecular weight excluding hydrogens is 340 g/mol. The van der Waals surface area contributed by atoms with Crippen molar-refractivity contribution in [2.75, 3.05) is 0 Å². The van der Waals surface area contributed by atoms with Gasteiger partial charge in [-0.05, 0) is 48.0 Å². The molecule has 0 aliphatic rings. The fraction of sp³-hybridized carbons (Fsp3) is 0. The average Bonchev–Trinajstić information content (AvgIpc) is 3.10. The van der Waals surface area contributed by atoms with Crippen molar-refractivity contribution in [3.63, 3.8) is 0 Å². The molecule has 4 rings (SSSR count). The third kappa shape index (κ3) is 3.57. The van der Waals surface area contributed by atoms with Crippen LogP contribution in [-0.2, 0) is 4.79 Å². The number of rotatable bonds is 5. The van der Waals surface area contributed by atoms with Crippen molar-refractivity contribution in [3.8, 4) is 11.5 Å². The number of hydrogen-bond donors (Lipinski definition) is 2. The maximum atomic E-state index is 11.8. The lowest BCUT2D eigenvalue weighted by Crippen LogP contribution is -1.99. The second-order valence-corrected chi connectivity index (χ2v) is 5.95. The molecule has 0 unspecified atom stereocenters. The number of carboxylic acids is 1. The molecule has 0 aliphatic carbocycles. The second-order valence-electron chi connectivity index (χ2n) is 5.95. The molecule has 0 bridgehead atoms. The summed E-state index contributed by atoms with van der Waals surface area (Å²) in [5.74, 6) is 0.376. The highest BCUT2D eigenvalue weighted by Gasteiger charge is 2.12. The largest absolute Gasteiger partial charge is 0.478 e. The van der Waals surface area contributed by atoms with Crippen molar-refractivity contribution in [1.82, 2.24) is 9.97 Å². The Hall–Kier alpha value is -3.86. The van der Waals surface area contributed by atoms with Gasteiger partial charge >= 0.3 is 5.97 Å². The van der Waals surface area contributed by atoms with Gasteiger partial charge in [0.05, 0.1) is 5.57 Å². The van der Waals surface area contributed by atoms with Crippen LogP contribution < -0.4 is 4.74 Å². The van der Waals surface area contributed by atoms with Crippen molar-refractivity contribution < 1.29 is 14.6 Å². The molecule has 0 radical (unpaired) electrons. The number of para-hydroxylation sites is 1. The summed E-state index contributed by atoms with van der Waals surface area (Å²) in [6.07, 6.45) is 5.10. The lowest BCUT2D eigenvalue weighted by atomic mass is 10.0. The molecule has 132 valence electrons. The molecule has 2 aromatic heterocycles. The van der Waals surface area contributed by atoms with E-state index in [1.807, 2.05) is 42.5 Å². The average molecular weight is 356 g/mol. The summed E-state index contributed by atoms with van der Waals surface area (Å²) in [5.41, 5.74) is 2.30. The van der Waals surface area contributed by atoms with Crippen LogP contribution in [0, 0.1) is 0 Å². The predicted molar refractivity (Wildman–Crippen MR) is 105 cm³/mol. The Balaban J connectivity index is 1.65. The second kappa shape index (κ2) is 7.17. The third-order valence-corrected chi connectivity index (χ3v) is 4.16. The number of aliphatic carboxylic acids is 1. The molecular formula is C22H16N2O3. The Kier molecular flexibility index (Phi) is 4.41. The molecule has 2 N–H and O–H groups in total. The van der Waals surface area contributed by atoms with Crippen molar-refractivity contribution in [1.29, 1.82) is 0 Å². The molecule has 0 saturated heterocycles. The molecule has 0 aliphatic heterocycles. The van der Waals surface area contributed by atoms with E-state index in [9.17, 15) is 9.90 Å². The first-order chi connectivity index (χ1) is 13.2. The molecule has 4 aromatic rings. The summed E-state index contributed by atoms with van der Waals surface area (Å²) in [6, 6.07) is 20.2. The minimum Gasteiger partial charge on any atom is -0.478 e. The fourth-order valence-corrected chi connectivity index (χ4v) is 2.85. The van der Waals surface area contributed by atoms with E-state index >= 15 is 0 Å². The summed E-state index contributed by atoms with van der Waals surface area (Å²) >= 11 is 0. The summed E-state index contributed by atoms with van der Waals surface area (Å²) < 4.78 is 5.76. The molecule has 27 heavy (non-hydrogen) atoms. The van der Waals surface area contributed by atoms with Gasteiger partial charge in [-0.3, -0.25) is 0 Å². The predicted octanol–water partition coefficient (Wildman–Crippen LogP) is 4.98. The molecule has 2 aromatic carbocycles. The SMILES string of the molecule is O=C(O)/C(=C\c1c[nH]c2ncccc12)c1ccc(Oc2ccccc2)cc1. The van der Waals surface area contributed by atoms with E-state index in [1.165, 1.54) is 0 Å². The van der Waals surface area contributed by atoms with E-state index < -0.39 is 5.97 Å². The van der Waals surface area contributed by atoms with Gasteiger partial charge in [0.15, 0.2) is 0 Å². The topological polar surface area (TPSA) is 75.2 Å². The number of hydrogen-bond acceptors (Lipinski definition) is 3. The molecule has 0 spiro atoms. The number of aromatic nitrogens is 2. The minimum atomic E-state index is -0.995. The molecule has 5 heteroatoms. The number of pyridine rings is 1. The van der Waals surface area contributed by atoms with Crippen molar-refractivity contribution in [3.05, 3.63) is 90.3 Å². The normalized spacial score (nSPS) is 11.5. The Morgan fingerprint density at radius 1 is 0.963 bits per heavy atom. The lowest BCUT2D eigenvalue weighted by molar-refractivity contribution is -0.130. The standard InChI is InChI=1S/C22H16N2O3/c25-22(26)20(13-16-14-24-21-19(16)7-4-12-23-21)15-8-10-18(11-9-15)27-17-5-2-1-3-6-17/h1-14H,(H,23,24)(H,25,26)/b20-13-. The number of carboxylic acid groups (broad SMARTS) is 1. The van der Waals surface area contributed by atoms with Gasteiger partial charge in [-0.15, -0.1) is 0 Å². The van der Waals surface area contributed by atoms with Crippen LogP contribution in [0.2, 0.25) is 0 Å². The zero-order valence-corrected chi connectivity index (χ0v) is 14.3. The number of nitrogens with one attached hydrogen (secondary N) is 1. The quantitative estimate of drug-likeness (QED) is 0.495. The van der Waals surface area contributed by atoms with E-state index in [2.05, 4.69) is 9.97 Å². The first kappa shape index (κ1) is 16.6. The Labute approximate surface area is 155 Å². The first-order valence-electron chi connectivity index (χ1n) is 8.41. The third-order valence-electron chi connectivity index (χ3n) is 4.16. The van der Waals surface area contributed by atoms with Crippen LogP contribution >= 0.6 is 0 Å². The van der Waals surface area contributed by atoms with Crippen LogP contribution in [0.1, 0.15) is 11.1 Å². The van der Waals surface area contributed by atoms with E-state index in [4.69, 9.17) is 4.74 Å². The van der Waals surface area contributed by atoms with Crippen molar-refractivity contribution in [2.45, 2.75) is 0 Å². The number of ether oxygens (including phenoxy) is 1. The van der Waals surface area contributed by atoms with Crippen molar-refractivity contribution in [2.24, 2.45) is 0 Å². The summed E-state index contributed by atoms with van der Waals surface area (Å²) in [7, 11) is 0. The van der Waals surface area contributed by atoms with Crippen LogP contribution in [0.15, 0.2) is 79.1 Å². The van der Waals surface area contributed by atoms with Crippen LogP contribution in [0.3, 0.4) is 0 Å². The van der Waals surface area contributed by atoms with E-state index in [0.29, 0.717) is 11.3 Å². The monoisotopic (exact) mass is 356 g/mol. The lowest BCUT2D eigenvalue weighted by Gasteiger charge is -2.07. The Bertz CT molecular complexity index is 1110. The summed E-state index contributed by atoms with van der Waals surface area (Å²) in [6.45, 7) is 0. The number of carbonyl (C=O) groups is 1. The van der Waals surface area contributed by atoms with Crippen LogP contribution in [0.5, 0.6) is 11.5 Å². The van der Waals surface area contributed by atoms with Crippen LogP contribution in [-0.4, -0.2) is 21.0 Å². The summed E-state index contributed by atoms with van der Waals surface area (Å²) in [5, 5.41) is 10.6. The van der Waals surface area contributed by atoms with Crippen molar-refractivity contribution >= 4 is 28.7 Å². The zero-order chi connectivity index (χ0) is 18.6. The maximum absolute atomic E-state index is 11.8. The number of benzene rings is 2. The fourth-order valence-electron chi connectivity index (χ4n) is 2.85. The number of H-pyrrole nitrogens is 1. The van der Waals surface area contributed by atoms with Crippen LogP contribution in [0.4, 0.5) is 0 Å². The highest BCUT2D eigenvalue weighted by molar-refractivity contribution is 6.21. The minimum absolute atomic E-state index is 0.200. The van der Waals surface area contributed by atoms with Crippen LogP contribution in [0.25, 0.3) is 22.7 Å². The molecule has 2 heterocycles. The smallest absolute Gasteiger partial charge is 0.336 e. The van der Waals surface area contributed by atoms with Gasteiger partial charge in [0.1, 0.15) is 17.1 Å². The van der Waals surface area contributed by atoms with Gasteiger partial charge < -0.3 is 14.8 Å². The highest BCUT2D eigenvalue weighted by Crippen LogP contribution is 2.26. The van der Waals surface area contributed by atoms with Gasteiger partial charge in [-0.2, -0.15) is 0 Å². The van der Waals surface area contributed by atoms with Gasteiger partial charge in [-0.1, -0.05) is 30.3 Å². The molecule has 0 fully saturated rings. The van der Waals surface area contributed by atoms with Gasteiger partial charge in [0, 0.05) is 23.3 Å². The first-order valence-corrected chi connectivity index (χ1v) is 8.41. The van der Waals surface area contributed by atoms with Gasteiger partial charge in [0.2, 0.25) is 0 Å². The molecule has 0 saturated carbocycles. The number of aromatic amines is 1. The number of nitrogens with zero attached hydrogens (tertiary/aromatic N) is 1. The summed E-state index contributed by atoms with van der Waals surface area (Å²) in [4.78, 5) is 19.1. The zero-order valence-electron chi connectivity index (χ0n) is 14.3. The van der Waals surface area contributed by atoms with E-state index in [0.717, 1.165) is 22.3 Å². The van der Waals surface area contributed by atoms with E-state index in [1.54, 1.807) is 42.7 Å². The highest BCUT2D eigenvalue weighted by atomic mass is 16.5. The number of fused-ring (bicyclic) bond motifs is 1. The maximum Gasteiger partial charge on any atom is 0.336 e. The Morgan fingerprint density at radius 3 is 2.44 bits per heavy atom. The van der Waals surface area contributed by atoms with Gasteiger partial charge in [-0.25, -0.2) is 9.78 Å². The molecule has 5 nitrogen and oxygen atoms in total. The molecule has 0 amide bonds. The van der Waals surface area contributed by atoms with E-state index in [-0.39, 0.29) is 5.57 Å². The Morgan fingerprint density at radius 2 is 1.70 bits per heavy atom. The van der Waals surface area contributed by atoms with Gasteiger partial charge in [0.25, 0.3) is 0 Å². The molecule has 0 atom stereocenters.